The summed E-state index contributed by atoms with van der Waals surface area (Å²) in [5.41, 5.74) is 1.24. The second-order valence-electron chi connectivity index (χ2n) is 5.07. The van der Waals surface area contributed by atoms with Crippen molar-refractivity contribution in [3.05, 3.63) is 29.8 Å². The smallest absolute Gasteiger partial charge is 0.230 e. The highest BCUT2D eigenvalue weighted by Gasteiger charge is 2.10. The van der Waals surface area contributed by atoms with Gasteiger partial charge in [0.05, 0.1) is 5.75 Å². The number of hydrogen-bond donors (Lipinski definition) is 2. The number of benzene rings is 1. The zero-order valence-electron chi connectivity index (χ0n) is 12.2. The van der Waals surface area contributed by atoms with Gasteiger partial charge in [0.2, 0.25) is 5.91 Å². The maximum absolute atomic E-state index is 11.8. The average molecular weight is 280 g/mol. The predicted molar refractivity (Wildman–Crippen MR) is 82.4 cm³/mol. The van der Waals surface area contributed by atoms with Crippen molar-refractivity contribution in [3.8, 4) is 0 Å². The van der Waals surface area contributed by atoms with Crippen LogP contribution in [0.5, 0.6) is 0 Å². The number of nitrogens with one attached hydrogen (secondary N) is 2. The number of hydrogen-bond acceptors (Lipinski definition) is 3. The van der Waals surface area contributed by atoms with Crippen LogP contribution in [-0.4, -0.2) is 24.7 Å². The van der Waals surface area contributed by atoms with E-state index >= 15 is 0 Å². The first kappa shape index (κ1) is 16.1. The SMILES string of the molecule is CNCc1cccc(SCC(=O)NC(C)C(C)C)c1. The number of thioether (sulfide) groups is 1. The molecule has 1 atom stereocenters. The van der Waals surface area contributed by atoms with Gasteiger partial charge in [-0.05, 0) is 37.6 Å². The van der Waals surface area contributed by atoms with E-state index < -0.39 is 0 Å². The van der Waals surface area contributed by atoms with Gasteiger partial charge in [-0.2, -0.15) is 0 Å². The van der Waals surface area contributed by atoms with Crippen molar-refractivity contribution in [3.63, 3.8) is 0 Å². The first-order valence-electron chi connectivity index (χ1n) is 6.68. The van der Waals surface area contributed by atoms with Crippen molar-refractivity contribution in [2.24, 2.45) is 5.92 Å². The Morgan fingerprint density at radius 1 is 1.32 bits per heavy atom. The van der Waals surface area contributed by atoms with Gasteiger partial charge in [0.1, 0.15) is 0 Å². The second kappa shape index (κ2) is 8.23. The van der Waals surface area contributed by atoms with Crippen LogP contribution in [0.2, 0.25) is 0 Å². The zero-order chi connectivity index (χ0) is 14.3. The monoisotopic (exact) mass is 280 g/mol. The highest BCUT2D eigenvalue weighted by atomic mass is 32.2. The fourth-order valence-electron chi connectivity index (χ4n) is 1.56. The van der Waals surface area contributed by atoms with Gasteiger partial charge in [-0.1, -0.05) is 26.0 Å². The lowest BCUT2D eigenvalue weighted by molar-refractivity contribution is -0.119. The molecular weight excluding hydrogens is 256 g/mol. The minimum absolute atomic E-state index is 0.102. The molecule has 1 aromatic carbocycles. The molecule has 0 heterocycles. The van der Waals surface area contributed by atoms with Gasteiger partial charge >= 0.3 is 0 Å². The first-order valence-corrected chi connectivity index (χ1v) is 7.67. The number of carbonyl (C=O) groups excluding carboxylic acids is 1. The molecule has 0 saturated carbocycles. The Kier molecular flexibility index (Phi) is 6.95. The summed E-state index contributed by atoms with van der Waals surface area (Å²) in [6, 6.07) is 8.51. The molecule has 1 aromatic rings. The van der Waals surface area contributed by atoms with Gasteiger partial charge in [0, 0.05) is 17.5 Å². The third-order valence-corrected chi connectivity index (χ3v) is 4.03. The van der Waals surface area contributed by atoms with Crippen LogP contribution in [0.1, 0.15) is 26.3 Å². The highest BCUT2D eigenvalue weighted by Crippen LogP contribution is 2.19. The maximum Gasteiger partial charge on any atom is 0.230 e. The van der Waals surface area contributed by atoms with E-state index in [1.54, 1.807) is 11.8 Å². The third-order valence-electron chi connectivity index (χ3n) is 3.04. The minimum Gasteiger partial charge on any atom is -0.353 e. The van der Waals surface area contributed by atoms with E-state index in [1.165, 1.54) is 5.56 Å². The summed E-state index contributed by atoms with van der Waals surface area (Å²) in [4.78, 5) is 12.9. The van der Waals surface area contributed by atoms with Crippen LogP contribution in [0.4, 0.5) is 0 Å². The van der Waals surface area contributed by atoms with Gasteiger partial charge in [0.15, 0.2) is 0 Å². The molecule has 3 nitrogen and oxygen atoms in total. The average Bonchev–Trinajstić information content (AvgIpc) is 2.37. The molecule has 0 radical (unpaired) electrons. The fourth-order valence-corrected chi connectivity index (χ4v) is 2.35. The minimum atomic E-state index is 0.102. The molecule has 19 heavy (non-hydrogen) atoms. The molecule has 0 fully saturated rings. The molecule has 2 N–H and O–H groups in total. The van der Waals surface area contributed by atoms with Crippen LogP contribution in [0.25, 0.3) is 0 Å². The molecule has 1 rings (SSSR count). The topological polar surface area (TPSA) is 41.1 Å². The van der Waals surface area contributed by atoms with Crippen molar-refractivity contribution >= 4 is 17.7 Å². The van der Waals surface area contributed by atoms with E-state index in [9.17, 15) is 4.79 Å². The Morgan fingerprint density at radius 3 is 2.68 bits per heavy atom. The summed E-state index contributed by atoms with van der Waals surface area (Å²) in [6.07, 6.45) is 0. The van der Waals surface area contributed by atoms with Crippen molar-refractivity contribution < 1.29 is 4.79 Å². The second-order valence-corrected chi connectivity index (χ2v) is 6.12. The molecule has 0 aliphatic rings. The largest absolute Gasteiger partial charge is 0.353 e. The molecular formula is C15H24N2OS. The Morgan fingerprint density at radius 2 is 2.05 bits per heavy atom. The summed E-state index contributed by atoms with van der Waals surface area (Å²) >= 11 is 1.58. The van der Waals surface area contributed by atoms with Crippen molar-refractivity contribution in [2.45, 2.75) is 38.3 Å². The molecule has 0 bridgehead atoms. The van der Waals surface area contributed by atoms with Crippen LogP contribution >= 0.6 is 11.8 Å². The van der Waals surface area contributed by atoms with Crippen LogP contribution < -0.4 is 10.6 Å². The molecule has 106 valence electrons. The molecule has 0 spiro atoms. The van der Waals surface area contributed by atoms with Gasteiger partial charge in [-0.25, -0.2) is 0 Å². The lowest BCUT2D eigenvalue weighted by Crippen LogP contribution is -2.37. The van der Waals surface area contributed by atoms with E-state index in [2.05, 4.69) is 36.6 Å². The van der Waals surface area contributed by atoms with E-state index in [0.717, 1.165) is 11.4 Å². The van der Waals surface area contributed by atoms with Gasteiger partial charge in [0.25, 0.3) is 0 Å². The molecule has 0 aliphatic carbocycles. The van der Waals surface area contributed by atoms with Crippen molar-refractivity contribution in [1.29, 1.82) is 0 Å². The maximum atomic E-state index is 11.8. The summed E-state index contributed by atoms with van der Waals surface area (Å²) in [7, 11) is 1.93. The van der Waals surface area contributed by atoms with Gasteiger partial charge in [-0.3, -0.25) is 4.79 Å². The van der Waals surface area contributed by atoms with E-state index in [-0.39, 0.29) is 11.9 Å². The molecule has 0 saturated heterocycles. The van der Waals surface area contributed by atoms with E-state index in [4.69, 9.17) is 0 Å². The summed E-state index contributed by atoms with van der Waals surface area (Å²) in [6.45, 7) is 7.12. The predicted octanol–water partition coefficient (Wildman–Crippen LogP) is 2.66. The first-order chi connectivity index (χ1) is 9.02. The summed E-state index contributed by atoms with van der Waals surface area (Å²) < 4.78 is 0. The Balaban J connectivity index is 2.43. The lowest BCUT2D eigenvalue weighted by Gasteiger charge is -2.17. The standard InChI is InChI=1S/C15H24N2OS/c1-11(2)12(3)17-15(18)10-19-14-7-5-6-13(8-14)9-16-4/h5-8,11-12,16H,9-10H2,1-4H3,(H,17,18). The number of amides is 1. The zero-order valence-corrected chi connectivity index (χ0v) is 13.0. The van der Waals surface area contributed by atoms with Crippen molar-refractivity contribution in [2.75, 3.05) is 12.8 Å². The van der Waals surface area contributed by atoms with Crippen LogP contribution in [0, 0.1) is 5.92 Å². The van der Waals surface area contributed by atoms with Crippen LogP contribution in [0.3, 0.4) is 0 Å². The fraction of sp³-hybridized carbons (Fsp3) is 0.533. The van der Waals surface area contributed by atoms with Crippen molar-refractivity contribution in [1.82, 2.24) is 10.6 Å². The van der Waals surface area contributed by atoms with E-state index in [1.807, 2.05) is 26.1 Å². The molecule has 1 unspecified atom stereocenters. The molecule has 1 amide bonds. The molecule has 0 aliphatic heterocycles. The molecule has 4 heteroatoms. The Hall–Kier alpha value is -1.00. The Bertz CT molecular complexity index is 407. The van der Waals surface area contributed by atoms with Gasteiger partial charge in [-0.15, -0.1) is 11.8 Å². The number of rotatable bonds is 7. The highest BCUT2D eigenvalue weighted by molar-refractivity contribution is 8.00. The van der Waals surface area contributed by atoms with Crippen LogP contribution in [-0.2, 0) is 11.3 Å². The molecule has 0 aromatic heterocycles. The normalized spacial score (nSPS) is 12.5. The van der Waals surface area contributed by atoms with Gasteiger partial charge < -0.3 is 10.6 Å². The summed E-state index contributed by atoms with van der Waals surface area (Å²) in [5, 5.41) is 6.14. The number of carbonyl (C=O) groups is 1. The third kappa shape index (κ3) is 6.12. The van der Waals surface area contributed by atoms with Crippen LogP contribution in [0.15, 0.2) is 29.2 Å². The Labute approximate surface area is 120 Å². The van der Waals surface area contributed by atoms with E-state index in [0.29, 0.717) is 11.7 Å². The quantitative estimate of drug-likeness (QED) is 0.755. The lowest BCUT2D eigenvalue weighted by atomic mass is 10.1. The summed E-state index contributed by atoms with van der Waals surface area (Å²) in [5.74, 6) is 1.04.